The lowest BCUT2D eigenvalue weighted by Gasteiger charge is -2.40. The Bertz CT molecular complexity index is 914. The van der Waals surface area contributed by atoms with Gasteiger partial charge in [0.15, 0.2) is 0 Å². The number of carbonyl (C=O) groups excluding carboxylic acids is 1. The predicted molar refractivity (Wildman–Crippen MR) is 118 cm³/mol. The molecule has 0 aliphatic carbocycles. The topological polar surface area (TPSA) is 38.8 Å². The summed E-state index contributed by atoms with van der Waals surface area (Å²) in [6, 6.07) is 15.1. The number of fused-ring (bicyclic) bond motifs is 2. The molecule has 0 N–H and O–H groups in total. The van der Waals surface area contributed by atoms with Crippen LogP contribution in [0.1, 0.15) is 50.3 Å². The van der Waals surface area contributed by atoms with Gasteiger partial charge in [0.2, 0.25) is 0 Å². The number of ether oxygens (including phenoxy) is 2. The molecular weight excluding hydrogens is 393 g/mol. The Balaban J connectivity index is 1.44. The van der Waals surface area contributed by atoms with E-state index in [1.807, 2.05) is 45.0 Å². The lowest BCUT2D eigenvalue weighted by Crippen LogP contribution is -2.46. The lowest BCUT2D eigenvalue weighted by molar-refractivity contribution is -0.161. The fraction of sp³-hybridized carbons (Fsp3) is 0.500. The highest BCUT2D eigenvalue weighted by atomic mass is 19.1. The summed E-state index contributed by atoms with van der Waals surface area (Å²) in [5.41, 5.74) is 2.32. The smallest absolute Gasteiger partial charge is 0.311 e. The maximum absolute atomic E-state index is 13.9. The van der Waals surface area contributed by atoms with Crippen molar-refractivity contribution in [2.24, 2.45) is 5.92 Å². The zero-order valence-corrected chi connectivity index (χ0v) is 18.7. The Hall–Kier alpha value is -2.24. The molecule has 5 heteroatoms. The van der Waals surface area contributed by atoms with E-state index in [2.05, 4.69) is 17.0 Å². The Morgan fingerprint density at radius 3 is 2.55 bits per heavy atom. The molecule has 1 saturated heterocycles. The van der Waals surface area contributed by atoms with Gasteiger partial charge in [0.1, 0.15) is 11.4 Å². The normalized spacial score (nSPS) is 19.2. The van der Waals surface area contributed by atoms with Crippen LogP contribution in [0.4, 0.5) is 4.39 Å². The Labute approximate surface area is 184 Å². The molecule has 0 amide bonds. The predicted octanol–water partition coefficient (Wildman–Crippen LogP) is 4.85. The van der Waals surface area contributed by atoms with Gasteiger partial charge in [-0.3, -0.25) is 4.79 Å². The van der Waals surface area contributed by atoms with Crippen LogP contribution in [0.3, 0.4) is 0 Å². The van der Waals surface area contributed by atoms with Crippen molar-refractivity contribution in [2.45, 2.75) is 57.8 Å². The van der Waals surface area contributed by atoms with Crippen LogP contribution >= 0.6 is 0 Å². The first-order valence-corrected chi connectivity index (χ1v) is 11.2. The molecular formula is C26H32FNO3. The molecule has 0 bridgehead atoms. The Morgan fingerprint density at radius 1 is 1.16 bits per heavy atom. The number of hydrogen-bond donors (Lipinski definition) is 0. The molecule has 166 valence electrons. The summed E-state index contributed by atoms with van der Waals surface area (Å²) in [6.07, 6.45) is 2.26. The maximum atomic E-state index is 13.9. The third-order valence-electron chi connectivity index (χ3n) is 6.27. The van der Waals surface area contributed by atoms with Gasteiger partial charge in [-0.2, -0.15) is 0 Å². The maximum Gasteiger partial charge on any atom is 0.311 e. The molecule has 1 unspecified atom stereocenters. The zero-order chi connectivity index (χ0) is 22.1. The van der Waals surface area contributed by atoms with E-state index in [0.717, 1.165) is 42.6 Å². The number of esters is 1. The Morgan fingerprint density at radius 2 is 1.87 bits per heavy atom. The van der Waals surface area contributed by atoms with Gasteiger partial charge in [0, 0.05) is 19.6 Å². The highest BCUT2D eigenvalue weighted by molar-refractivity contribution is 5.73. The van der Waals surface area contributed by atoms with Crippen molar-refractivity contribution in [1.82, 2.24) is 4.90 Å². The number of piperidine rings is 1. The highest BCUT2D eigenvalue weighted by Gasteiger charge is 2.43. The fourth-order valence-corrected chi connectivity index (χ4v) is 4.72. The highest BCUT2D eigenvalue weighted by Crippen LogP contribution is 2.44. The van der Waals surface area contributed by atoms with Crippen molar-refractivity contribution in [2.75, 3.05) is 19.6 Å². The second kappa shape index (κ2) is 8.71. The minimum atomic E-state index is -0.510. The van der Waals surface area contributed by atoms with E-state index < -0.39 is 11.2 Å². The summed E-state index contributed by atoms with van der Waals surface area (Å²) in [5, 5.41) is 0. The molecule has 1 spiro atoms. The van der Waals surface area contributed by atoms with E-state index in [4.69, 9.17) is 9.47 Å². The molecule has 2 aliphatic rings. The van der Waals surface area contributed by atoms with Gasteiger partial charge in [0.25, 0.3) is 0 Å². The van der Waals surface area contributed by atoms with Crippen LogP contribution in [0.25, 0.3) is 0 Å². The number of hydrogen-bond acceptors (Lipinski definition) is 4. The summed E-state index contributed by atoms with van der Waals surface area (Å²) in [6.45, 7) is 8.53. The number of halogens is 1. The van der Waals surface area contributed by atoms with Crippen molar-refractivity contribution in [1.29, 1.82) is 0 Å². The van der Waals surface area contributed by atoms with Gasteiger partial charge >= 0.3 is 5.97 Å². The van der Waals surface area contributed by atoms with E-state index in [-0.39, 0.29) is 17.7 Å². The average Bonchev–Trinajstić information content (AvgIpc) is 3.06. The van der Waals surface area contributed by atoms with E-state index in [1.54, 1.807) is 6.07 Å². The van der Waals surface area contributed by atoms with Crippen LogP contribution in [-0.2, 0) is 32.9 Å². The largest absolute Gasteiger partial charge is 0.460 e. The first-order chi connectivity index (χ1) is 14.7. The van der Waals surface area contributed by atoms with Gasteiger partial charge in [-0.05, 0) is 68.9 Å². The molecule has 0 aromatic heterocycles. The standard InChI is InChI=1S/C26H32FNO3/c1-25(2,3)31-24(29)21(15-19-7-5-4-6-8-19)17-28-13-11-26(12-14-28)23-16-22(27)10-9-20(23)18-30-26/h4-10,16,21H,11-15,17-18H2,1-3H3. The molecule has 2 aliphatic heterocycles. The second-order valence-corrected chi connectivity index (χ2v) is 9.81. The summed E-state index contributed by atoms with van der Waals surface area (Å²) in [7, 11) is 0. The Kier molecular flexibility index (Phi) is 6.18. The molecule has 1 fully saturated rings. The summed E-state index contributed by atoms with van der Waals surface area (Å²) < 4.78 is 25.8. The van der Waals surface area contributed by atoms with Crippen molar-refractivity contribution in [3.63, 3.8) is 0 Å². The van der Waals surface area contributed by atoms with Crippen LogP contribution in [0.2, 0.25) is 0 Å². The van der Waals surface area contributed by atoms with Crippen LogP contribution in [0.15, 0.2) is 48.5 Å². The molecule has 4 rings (SSSR count). The van der Waals surface area contributed by atoms with Gasteiger partial charge < -0.3 is 14.4 Å². The molecule has 2 heterocycles. The molecule has 31 heavy (non-hydrogen) atoms. The van der Waals surface area contributed by atoms with Crippen LogP contribution < -0.4 is 0 Å². The zero-order valence-electron chi connectivity index (χ0n) is 18.7. The van der Waals surface area contributed by atoms with Crippen molar-refractivity contribution in [3.05, 3.63) is 71.0 Å². The van der Waals surface area contributed by atoms with Crippen LogP contribution in [0.5, 0.6) is 0 Å². The average molecular weight is 426 g/mol. The number of carbonyl (C=O) groups is 1. The minimum absolute atomic E-state index is 0.152. The number of rotatable bonds is 5. The van der Waals surface area contributed by atoms with Gasteiger partial charge in [-0.15, -0.1) is 0 Å². The summed E-state index contributed by atoms with van der Waals surface area (Å²) >= 11 is 0. The van der Waals surface area contributed by atoms with Crippen molar-refractivity contribution >= 4 is 5.97 Å². The van der Waals surface area contributed by atoms with E-state index in [9.17, 15) is 9.18 Å². The molecule has 2 aromatic rings. The first-order valence-electron chi connectivity index (χ1n) is 11.2. The molecule has 2 aromatic carbocycles. The van der Waals surface area contributed by atoms with Gasteiger partial charge in [-0.1, -0.05) is 36.4 Å². The molecule has 4 nitrogen and oxygen atoms in total. The molecule has 1 atom stereocenters. The second-order valence-electron chi connectivity index (χ2n) is 9.81. The summed E-state index contributed by atoms with van der Waals surface area (Å²) in [4.78, 5) is 15.3. The first kappa shape index (κ1) is 22.0. The number of likely N-dealkylation sites (tertiary alicyclic amines) is 1. The van der Waals surface area contributed by atoms with Crippen molar-refractivity contribution < 1.29 is 18.7 Å². The lowest BCUT2D eigenvalue weighted by atomic mass is 9.83. The van der Waals surface area contributed by atoms with E-state index >= 15 is 0 Å². The van der Waals surface area contributed by atoms with Crippen LogP contribution in [0, 0.1) is 11.7 Å². The number of benzene rings is 2. The third kappa shape index (κ3) is 5.16. The fourth-order valence-electron chi connectivity index (χ4n) is 4.72. The van der Waals surface area contributed by atoms with Crippen molar-refractivity contribution in [3.8, 4) is 0 Å². The van der Waals surface area contributed by atoms with E-state index in [0.29, 0.717) is 19.6 Å². The SMILES string of the molecule is CC(C)(C)OC(=O)C(Cc1ccccc1)CN1CCC2(CC1)OCc1ccc(F)cc12. The monoisotopic (exact) mass is 425 g/mol. The molecule has 0 radical (unpaired) electrons. The molecule has 0 saturated carbocycles. The van der Waals surface area contributed by atoms with Gasteiger partial charge in [0.05, 0.1) is 18.1 Å². The van der Waals surface area contributed by atoms with E-state index in [1.165, 1.54) is 6.07 Å². The third-order valence-corrected chi connectivity index (χ3v) is 6.27. The van der Waals surface area contributed by atoms with Gasteiger partial charge in [-0.25, -0.2) is 4.39 Å². The summed E-state index contributed by atoms with van der Waals surface area (Å²) in [5.74, 6) is -0.593. The quantitative estimate of drug-likeness (QED) is 0.642. The number of nitrogens with zero attached hydrogens (tertiary/aromatic N) is 1. The van der Waals surface area contributed by atoms with Crippen LogP contribution in [-0.4, -0.2) is 36.1 Å². The minimum Gasteiger partial charge on any atom is -0.460 e.